The van der Waals surface area contributed by atoms with Gasteiger partial charge in [0.05, 0.1) is 12.4 Å². The Hall–Kier alpha value is -3.34. The summed E-state index contributed by atoms with van der Waals surface area (Å²) in [6.07, 6.45) is 2.05. The zero-order chi connectivity index (χ0) is 22.0. The highest BCUT2D eigenvalue weighted by atomic mass is 16.5. The van der Waals surface area contributed by atoms with E-state index in [0.29, 0.717) is 11.8 Å². The van der Waals surface area contributed by atoms with Crippen molar-refractivity contribution in [1.29, 1.82) is 10.8 Å². The number of ether oxygens (including phenoxy) is 1. The van der Waals surface area contributed by atoms with E-state index in [4.69, 9.17) is 21.3 Å². The van der Waals surface area contributed by atoms with Crippen molar-refractivity contribution in [2.24, 2.45) is 5.73 Å². The number of likely N-dealkylation sites (tertiary alicyclic amines) is 1. The molecule has 5 heteroatoms. The maximum atomic E-state index is 7.76. The van der Waals surface area contributed by atoms with Crippen LogP contribution >= 0.6 is 0 Å². The first-order valence-corrected chi connectivity index (χ1v) is 10.8. The standard InChI is InChI=1S/C26H30N4O/c1-17(13-19-3-4-21-5-6-22(26(28)29)15-23(21)14-19)20-7-9-24(10-8-20)31-25-11-12-30(16-25)18(2)27/h3-10,14-15,17,25,27H,11-13,16H2,1-2H3,(H3,28,29). The second-order valence-corrected chi connectivity index (χ2v) is 8.54. The molecule has 2 unspecified atom stereocenters. The average Bonchev–Trinajstić information content (AvgIpc) is 3.22. The molecule has 1 fully saturated rings. The van der Waals surface area contributed by atoms with Crippen LogP contribution in [0.2, 0.25) is 0 Å². The molecule has 160 valence electrons. The van der Waals surface area contributed by atoms with Gasteiger partial charge in [0.25, 0.3) is 0 Å². The zero-order valence-corrected chi connectivity index (χ0v) is 18.2. The number of rotatable bonds is 6. The molecule has 1 aliphatic heterocycles. The summed E-state index contributed by atoms with van der Waals surface area (Å²) in [5, 5.41) is 17.7. The summed E-state index contributed by atoms with van der Waals surface area (Å²) in [6.45, 7) is 5.76. The van der Waals surface area contributed by atoms with Crippen molar-refractivity contribution in [3.63, 3.8) is 0 Å². The SMILES string of the molecule is CC(=N)N1CCC(Oc2ccc(C(C)Cc3ccc4ccc(C(=N)N)cc4c3)cc2)C1. The Balaban J connectivity index is 1.41. The molecule has 1 aliphatic rings. The van der Waals surface area contributed by atoms with Crippen molar-refractivity contribution in [3.05, 3.63) is 77.4 Å². The highest BCUT2D eigenvalue weighted by Crippen LogP contribution is 2.26. The Bertz CT molecular complexity index is 1110. The summed E-state index contributed by atoms with van der Waals surface area (Å²) in [5.74, 6) is 1.99. The smallest absolute Gasteiger partial charge is 0.122 e. The molecule has 0 bridgehead atoms. The van der Waals surface area contributed by atoms with Crippen molar-refractivity contribution in [3.8, 4) is 5.75 Å². The third kappa shape index (κ3) is 4.88. The van der Waals surface area contributed by atoms with E-state index < -0.39 is 0 Å². The van der Waals surface area contributed by atoms with Gasteiger partial charge in [-0.1, -0.05) is 49.4 Å². The molecule has 4 rings (SSSR count). The predicted octanol–water partition coefficient (Wildman–Crippen LogP) is 4.92. The first-order valence-electron chi connectivity index (χ1n) is 10.8. The van der Waals surface area contributed by atoms with E-state index in [9.17, 15) is 0 Å². The molecule has 4 N–H and O–H groups in total. The second-order valence-electron chi connectivity index (χ2n) is 8.54. The van der Waals surface area contributed by atoms with Crippen LogP contribution in [0.4, 0.5) is 0 Å². The molecule has 2 atom stereocenters. The van der Waals surface area contributed by atoms with Gasteiger partial charge in [0, 0.05) is 18.5 Å². The molecule has 5 nitrogen and oxygen atoms in total. The van der Waals surface area contributed by atoms with E-state index in [-0.39, 0.29) is 11.9 Å². The molecule has 3 aromatic carbocycles. The van der Waals surface area contributed by atoms with Gasteiger partial charge in [0.2, 0.25) is 0 Å². The molecule has 3 aromatic rings. The average molecular weight is 415 g/mol. The van der Waals surface area contributed by atoms with Gasteiger partial charge in [-0.25, -0.2) is 0 Å². The van der Waals surface area contributed by atoms with Crippen LogP contribution in [0.15, 0.2) is 60.7 Å². The van der Waals surface area contributed by atoms with Crippen LogP contribution in [0.5, 0.6) is 5.75 Å². The van der Waals surface area contributed by atoms with Gasteiger partial charge in [0.15, 0.2) is 0 Å². The molecular weight excluding hydrogens is 384 g/mol. The number of amidine groups is 2. The molecule has 0 aromatic heterocycles. The minimum atomic E-state index is 0.0984. The largest absolute Gasteiger partial charge is 0.489 e. The minimum Gasteiger partial charge on any atom is -0.489 e. The molecule has 1 saturated heterocycles. The minimum absolute atomic E-state index is 0.0984. The molecule has 1 heterocycles. The Kier molecular flexibility index (Phi) is 5.94. The summed E-state index contributed by atoms with van der Waals surface area (Å²) in [5.41, 5.74) is 8.96. The third-order valence-electron chi connectivity index (χ3n) is 6.13. The van der Waals surface area contributed by atoms with E-state index in [0.717, 1.165) is 48.0 Å². The fourth-order valence-electron chi connectivity index (χ4n) is 4.26. The maximum absolute atomic E-state index is 7.76. The number of benzene rings is 3. The number of nitrogens with zero attached hydrogens (tertiary/aromatic N) is 1. The maximum Gasteiger partial charge on any atom is 0.122 e. The van der Waals surface area contributed by atoms with Crippen LogP contribution in [-0.4, -0.2) is 35.8 Å². The van der Waals surface area contributed by atoms with Crippen molar-refractivity contribution in [2.45, 2.75) is 38.7 Å². The molecular formula is C26H30N4O. The van der Waals surface area contributed by atoms with E-state index in [1.807, 2.05) is 25.1 Å². The zero-order valence-electron chi connectivity index (χ0n) is 18.2. The lowest BCUT2D eigenvalue weighted by Crippen LogP contribution is -2.28. The Morgan fingerprint density at radius 1 is 1.06 bits per heavy atom. The monoisotopic (exact) mass is 414 g/mol. The van der Waals surface area contributed by atoms with Crippen molar-refractivity contribution in [1.82, 2.24) is 4.90 Å². The van der Waals surface area contributed by atoms with Crippen molar-refractivity contribution < 1.29 is 4.74 Å². The lowest BCUT2D eigenvalue weighted by Gasteiger charge is -2.18. The number of nitrogen functional groups attached to an aromatic ring is 1. The summed E-state index contributed by atoms with van der Waals surface area (Å²) in [4.78, 5) is 2.06. The van der Waals surface area contributed by atoms with E-state index in [1.165, 1.54) is 11.1 Å². The Morgan fingerprint density at radius 3 is 2.48 bits per heavy atom. The van der Waals surface area contributed by atoms with Crippen LogP contribution in [0.3, 0.4) is 0 Å². The number of hydrogen-bond donors (Lipinski definition) is 3. The number of nitrogens with two attached hydrogens (primary N) is 1. The van der Waals surface area contributed by atoms with Crippen molar-refractivity contribution in [2.75, 3.05) is 13.1 Å². The fraction of sp³-hybridized carbons (Fsp3) is 0.308. The Morgan fingerprint density at radius 2 is 1.81 bits per heavy atom. The molecule has 0 radical (unpaired) electrons. The third-order valence-corrected chi connectivity index (χ3v) is 6.13. The van der Waals surface area contributed by atoms with Crippen LogP contribution < -0.4 is 10.5 Å². The predicted molar refractivity (Wildman–Crippen MR) is 128 cm³/mol. The van der Waals surface area contributed by atoms with Crippen LogP contribution in [-0.2, 0) is 6.42 Å². The topological polar surface area (TPSA) is 86.2 Å². The molecule has 0 amide bonds. The van der Waals surface area contributed by atoms with E-state index >= 15 is 0 Å². The second kappa shape index (κ2) is 8.80. The summed E-state index contributed by atoms with van der Waals surface area (Å²) < 4.78 is 6.12. The van der Waals surface area contributed by atoms with E-state index in [1.54, 1.807) is 0 Å². The van der Waals surface area contributed by atoms with Crippen LogP contribution in [0, 0.1) is 10.8 Å². The quantitative estimate of drug-likeness (QED) is 0.395. The molecule has 0 aliphatic carbocycles. The Labute approximate surface area is 183 Å². The number of hydrogen-bond acceptors (Lipinski definition) is 3. The normalized spacial score (nSPS) is 17.0. The van der Waals surface area contributed by atoms with Gasteiger partial charge >= 0.3 is 0 Å². The van der Waals surface area contributed by atoms with Crippen LogP contribution in [0.25, 0.3) is 10.8 Å². The summed E-state index contributed by atoms with van der Waals surface area (Å²) in [6, 6.07) is 20.9. The van der Waals surface area contributed by atoms with Gasteiger partial charge in [-0.05, 0) is 59.4 Å². The summed E-state index contributed by atoms with van der Waals surface area (Å²) in [7, 11) is 0. The van der Waals surface area contributed by atoms with Gasteiger partial charge in [-0.3, -0.25) is 10.8 Å². The first kappa shape index (κ1) is 20.9. The number of fused-ring (bicyclic) bond motifs is 1. The highest BCUT2D eigenvalue weighted by molar-refractivity contribution is 5.99. The lowest BCUT2D eigenvalue weighted by atomic mass is 9.92. The van der Waals surface area contributed by atoms with Crippen molar-refractivity contribution >= 4 is 22.4 Å². The first-order chi connectivity index (χ1) is 14.9. The fourth-order valence-corrected chi connectivity index (χ4v) is 4.26. The van der Waals surface area contributed by atoms with E-state index in [2.05, 4.69) is 54.3 Å². The summed E-state index contributed by atoms with van der Waals surface area (Å²) >= 11 is 0. The van der Waals surface area contributed by atoms with Gasteiger partial charge < -0.3 is 15.4 Å². The highest BCUT2D eigenvalue weighted by Gasteiger charge is 2.24. The van der Waals surface area contributed by atoms with Gasteiger partial charge in [-0.15, -0.1) is 0 Å². The molecule has 0 saturated carbocycles. The molecule has 0 spiro atoms. The molecule has 31 heavy (non-hydrogen) atoms. The van der Waals surface area contributed by atoms with Gasteiger partial charge in [0.1, 0.15) is 17.7 Å². The lowest BCUT2D eigenvalue weighted by molar-refractivity contribution is 0.214. The number of nitrogens with one attached hydrogen (secondary N) is 2. The van der Waals surface area contributed by atoms with Gasteiger partial charge in [-0.2, -0.15) is 0 Å². The van der Waals surface area contributed by atoms with Crippen LogP contribution in [0.1, 0.15) is 42.9 Å².